The molecule has 0 radical (unpaired) electrons. The Morgan fingerprint density at radius 3 is 2.74 bits per heavy atom. The van der Waals surface area contributed by atoms with Gasteiger partial charge in [-0.3, -0.25) is 10.1 Å². The van der Waals surface area contributed by atoms with Gasteiger partial charge in [-0.15, -0.1) is 0 Å². The standard InChI is InChI=1S/C9H10FN5O4/c10-6-2-4(15(18)19)1-5(8(6)11)9(17)7(16)3-13-14-12/h1-2,7,9,16-17H,3,11H2. The highest BCUT2D eigenvalue weighted by Crippen LogP contribution is 2.30. The second kappa shape index (κ2) is 5.96. The van der Waals surface area contributed by atoms with E-state index in [2.05, 4.69) is 10.0 Å². The van der Waals surface area contributed by atoms with E-state index in [4.69, 9.17) is 11.3 Å². The van der Waals surface area contributed by atoms with Gasteiger partial charge in [-0.05, 0) is 5.53 Å². The number of benzene rings is 1. The minimum absolute atomic E-state index is 0.340. The van der Waals surface area contributed by atoms with Crippen molar-refractivity contribution in [3.05, 3.63) is 44.1 Å². The molecule has 0 fully saturated rings. The number of hydrogen-bond donors (Lipinski definition) is 3. The van der Waals surface area contributed by atoms with Crippen molar-refractivity contribution in [1.82, 2.24) is 0 Å². The summed E-state index contributed by atoms with van der Waals surface area (Å²) in [6.45, 7) is -0.485. The molecule has 0 spiro atoms. The molecular formula is C9H10FN5O4. The van der Waals surface area contributed by atoms with Crippen LogP contribution in [0.3, 0.4) is 0 Å². The maximum absolute atomic E-state index is 13.4. The second-order valence-electron chi connectivity index (χ2n) is 3.61. The molecule has 0 amide bonds. The van der Waals surface area contributed by atoms with Gasteiger partial charge in [0.05, 0.1) is 29.3 Å². The van der Waals surface area contributed by atoms with Crippen LogP contribution in [-0.2, 0) is 0 Å². The van der Waals surface area contributed by atoms with Crippen molar-refractivity contribution in [3.63, 3.8) is 0 Å². The van der Waals surface area contributed by atoms with Crippen LogP contribution in [0.15, 0.2) is 17.2 Å². The third kappa shape index (κ3) is 3.28. The number of hydrogen-bond acceptors (Lipinski definition) is 6. The number of nitrogens with two attached hydrogens (primary N) is 1. The van der Waals surface area contributed by atoms with Gasteiger partial charge in [0.25, 0.3) is 5.69 Å². The molecule has 0 aliphatic heterocycles. The van der Waals surface area contributed by atoms with Gasteiger partial charge in [-0.1, -0.05) is 5.11 Å². The number of halogens is 1. The minimum atomic E-state index is -1.71. The molecule has 2 atom stereocenters. The van der Waals surface area contributed by atoms with Crippen LogP contribution in [0.4, 0.5) is 15.8 Å². The molecule has 0 saturated carbocycles. The first-order valence-corrected chi connectivity index (χ1v) is 4.98. The number of nitro groups is 1. The maximum atomic E-state index is 13.4. The third-order valence-corrected chi connectivity index (χ3v) is 2.37. The van der Waals surface area contributed by atoms with Crippen molar-refractivity contribution in [3.8, 4) is 0 Å². The number of anilines is 1. The minimum Gasteiger partial charge on any atom is -0.396 e. The first-order chi connectivity index (χ1) is 8.88. The Labute approximate surface area is 105 Å². The van der Waals surface area contributed by atoms with E-state index < -0.39 is 40.9 Å². The molecule has 0 aromatic heterocycles. The number of nitrogen functional groups attached to an aromatic ring is 1. The first kappa shape index (κ1) is 14.6. The SMILES string of the molecule is [N-]=[N+]=NCC(O)C(O)c1cc([N+](=O)[O-])cc(F)c1N. The first-order valence-electron chi connectivity index (χ1n) is 4.98. The number of non-ortho nitro benzene ring substituents is 1. The molecule has 1 aromatic rings. The van der Waals surface area contributed by atoms with Crippen LogP contribution in [0.5, 0.6) is 0 Å². The molecular weight excluding hydrogens is 261 g/mol. The van der Waals surface area contributed by atoms with Crippen molar-refractivity contribution in [2.24, 2.45) is 5.11 Å². The van der Waals surface area contributed by atoms with Gasteiger partial charge < -0.3 is 15.9 Å². The lowest BCUT2D eigenvalue weighted by molar-refractivity contribution is -0.385. The van der Waals surface area contributed by atoms with Crippen LogP contribution in [0.2, 0.25) is 0 Å². The molecule has 9 nitrogen and oxygen atoms in total. The molecule has 0 aliphatic carbocycles. The van der Waals surface area contributed by atoms with Crippen molar-refractivity contribution in [2.75, 3.05) is 12.3 Å². The van der Waals surface area contributed by atoms with Gasteiger partial charge in [-0.2, -0.15) is 0 Å². The van der Waals surface area contributed by atoms with E-state index in [1.54, 1.807) is 0 Å². The van der Waals surface area contributed by atoms with Crippen LogP contribution < -0.4 is 5.73 Å². The van der Waals surface area contributed by atoms with E-state index in [1.165, 1.54) is 0 Å². The molecule has 1 rings (SSSR count). The average Bonchev–Trinajstić information content (AvgIpc) is 2.37. The van der Waals surface area contributed by atoms with Crippen molar-refractivity contribution < 1.29 is 19.5 Å². The quantitative estimate of drug-likeness (QED) is 0.182. The Bertz CT molecular complexity index is 546. The molecule has 0 saturated heterocycles. The molecule has 0 heterocycles. The fourth-order valence-electron chi connectivity index (χ4n) is 1.40. The van der Waals surface area contributed by atoms with Gasteiger partial charge in [0, 0.05) is 16.5 Å². The molecule has 0 aliphatic rings. The Balaban J connectivity index is 3.17. The zero-order chi connectivity index (χ0) is 14.6. The van der Waals surface area contributed by atoms with Crippen LogP contribution in [0.25, 0.3) is 10.4 Å². The largest absolute Gasteiger partial charge is 0.396 e. The van der Waals surface area contributed by atoms with Crippen LogP contribution in [-0.4, -0.2) is 27.8 Å². The molecule has 102 valence electrons. The van der Waals surface area contributed by atoms with Crippen LogP contribution >= 0.6 is 0 Å². The molecule has 10 heteroatoms. The van der Waals surface area contributed by atoms with E-state index in [1.807, 2.05) is 0 Å². The van der Waals surface area contributed by atoms with Gasteiger partial charge in [-0.25, -0.2) is 4.39 Å². The molecule has 0 bridgehead atoms. The maximum Gasteiger partial charge on any atom is 0.272 e. The van der Waals surface area contributed by atoms with E-state index >= 15 is 0 Å². The molecule has 2 unspecified atom stereocenters. The number of aliphatic hydroxyl groups excluding tert-OH is 2. The summed E-state index contributed by atoms with van der Waals surface area (Å²) in [7, 11) is 0. The Morgan fingerprint density at radius 2 is 2.21 bits per heavy atom. The van der Waals surface area contributed by atoms with Gasteiger partial charge in [0.15, 0.2) is 5.82 Å². The highest BCUT2D eigenvalue weighted by molar-refractivity contribution is 5.55. The fraction of sp³-hybridized carbons (Fsp3) is 0.333. The van der Waals surface area contributed by atoms with Crippen molar-refractivity contribution in [1.29, 1.82) is 0 Å². The normalized spacial score (nSPS) is 13.4. The summed E-state index contributed by atoms with van der Waals surface area (Å²) >= 11 is 0. The van der Waals surface area contributed by atoms with Crippen molar-refractivity contribution in [2.45, 2.75) is 12.2 Å². The number of aliphatic hydroxyl groups is 2. The Hall–Kier alpha value is -2.42. The summed E-state index contributed by atoms with van der Waals surface area (Å²) in [6, 6.07) is 1.45. The summed E-state index contributed by atoms with van der Waals surface area (Å²) in [5.74, 6) is -1.08. The van der Waals surface area contributed by atoms with E-state index in [0.717, 1.165) is 6.07 Å². The number of rotatable bonds is 5. The summed E-state index contributed by atoms with van der Waals surface area (Å²) < 4.78 is 13.4. The summed E-state index contributed by atoms with van der Waals surface area (Å²) in [5, 5.41) is 32.8. The number of nitro benzene ring substituents is 1. The van der Waals surface area contributed by atoms with Crippen molar-refractivity contribution >= 4 is 11.4 Å². The zero-order valence-electron chi connectivity index (χ0n) is 9.47. The second-order valence-corrected chi connectivity index (χ2v) is 3.61. The lowest BCUT2D eigenvalue weighted by Crippen LogP contribution is -2.22. The highest BCUT2D eigenvalue weighted by Gasteiger charge is 2.24. The predicted octanol–water partition coefficient (Wildman–Crippen LogP) is 1.02. The number of nitrogens with zero attached hydrogens (tertiary/aromatic N) is 4. The Kier molecular flexibility index (Phi) is 4.59. The van der Waals surface area contributed by atoms with E-state index in [0.29, 0.717) is 6.07 Å². The summed E-state index contributed by atoms with van der Waals surface area (Å²) in [5.41, 5.74) is 12.0. The lowest BCUT2D eigenvalue weighted by Gasteiger charge is -2.18. The van der Waals surface area contributed by atoms with E-state index in [9.17, 15) is 24.7 Å². The van der Waals surface area contributed by atoms with E-state index in [-0.39, 0.29) is 5.56 Å². The van der Waals surface area contributed by atoms with Gasteiger partial charge in [0.1, 0.15) is 6.10 Å². The summed E-state index contributed by atoms with van der Waals surface area (Å²) in [4.78, 5) is 12.1. The topological polar surface area (TPSA) is 158 Å². The third-order valence-electron chi connectivity index (χ3n) is 2.37. The summed E-state index contributed by atoms with van der Waals surface area (Å²) in [6.07, 6.45) is -3.26. The Morgan fingerprint density at radius 1 is 1.58 bits per heavy atom. The number of azide groups is 1. The molecule has 1 aromatic carbocycles. The zero-order valence-corrected chi connectivity index (χ0v) is 9.47. The molecule has 19 heavy (non-hydrogen) atoms. The van der Waals surface area contributed by atoms with Crippen LogP contribution in [0.1, 0.15) is 11.7 Å². The predicted molar refractivity (Wildman–Crippen MR) is 62.4 cm³/mol. The highest BCUT2D eigenvalue weighted by atomic mass is 19.1. The average molecular weight is 271 g/mol. The molecule has 4 N–H and O–H groups in total. The monoisotopic (exact) mass is 271 g/mol. The smallest absolute Gasteiger partial charge is 0.272 e. The van der Waals surface area contributed by atoms with Gasteiger partial charge in [0.2, 0.25) is 0 Å². The lowest BCUT2D eigenvalue weighted by atomic mass is 10.0. The van der Waals surface area contributed by atoms with Gasteiger partial charge >= 0.3 is 0 Å². The fourth-order valence-corrected chi connectivity index (χ4v) is 1.40. The van der Waals surface area contributed by atoms with Crippen LogP contribution in [0, 0.1) is 15.9 Å².